The maximum Gasteiger partial charge on any atom is 0.361 e. The number of thiophene rings is 1. The van der Waals surface area contributed by atoms with E-state index in [0.717, 1.165) is 4.88 Å². The van der Waals surface area contributed by atoms with E-state index in [0.29, 0.717) is 25.5 Å². The van der Waals surface area contributed by atoms with Gasteiger partial charge in [0.15, 0.2) is 5.69 Å². The second kappa shape index (κ2) is 7.33. The van der Waals surface area contributed by atoms with Crippen LogP contribution in [0.3, 0.4) is 0 Å². The first-order valence-electron chi connectivity index (χ1n) is 6.89. The standard InChI is InChI=1S/C14H19N3O3S/c1-4-19-14(18)12-13(11-6-5-9-21-11)17(16-15-12)7-8-20-10(2)3/h5-6,9-10H,4,7-8H2,1-3H3. The molecule has 21 heavy (non-hydrogen) atoms. The molecule has 2 aromatic heterocycles. The minimum absolute atomic E-state index is 0.156. The molecule has 0 aromatic carbocycles. The van der Waals surface area contributed by atoms with Crippen molar-refractivity contribution >= 4 is 17.3 Å². The Balaban J connectivity index is 2.26. The number of rotatable bonds is 7. The molecule has 2 aromatic rings. The first-order chi connectivity index (χ1) is 10.1. The molecular weight excluding hydrogens is 290 g/mol. The smallest absolute Gasteiger partial charge is 0.361 e. The van der Waals surface area contributed by atoms with Crippen molar-refractivity contribution in [3.63, 3.8) is 0 Å². The van der Waals surface area contributed by atoms with Gasteiger partial charge >= 0.3 is 5.97 Å². The molecule has 0 N–H and O–H groups in total. The first kappa shape index (κ1) is 15.7. The average molecular weight is 309 g/mol. The van der Waals surface area contributed by atoms with Gasteiger partial charge in [-0.15, -0.1) is 16.4 Å². The van der Waals surface area contributed by atoms with Crippen LogP contribution in [0.4, 0.5) is 0 Å². The van der Waals surface area contributed by atoms with Gasteiger partial charge in [-0.2, -0.15) is 0 Å². The summed E-state index contributed by atoms with van der Waals surface area (Å²) in [6, 6.07) is 3.86. The van der Waals surface area contributed by atoms with E-state index in [9.17, 15) is 4.79 Å². The Bertz CT molecular complexity index is 578. The number of aromatic nitrogens is 3. The van der Waals surface area contributed by atoms with Crippen molar-refractivity contribution in [2.75, 3.05) is 13.2 Å². The Morgan fingerprint density at radius 3 is 2.90 bits per heavy atom. The van der Waals surface area contributed by atoms with Gasteiger partial charge in [-0.3, -0.25) is 0 Å². The minimum atomic E-state index is -0.447. The normalized spacial score (nSPS) is 11.0. The molecule has 0 saturated heterocycles. The van der Waals surface area contributed by atoms with Crippen LogP contribution in [0.15, 0.2) is 17.5 Å². The highest BCUT2D eigenvalue weighted by atomic mass is 32.1. The summed E-state index contributed by atoms with van der Waals surface area (Å²) >= 11 is 1.53. The maximum atomic E-state index is 12.0. The average Bonchev–Trinajstić information content (AvgIpc) is 3.06. The van der Waals surface area contributed by atoms with Gasteiger partial charge in [0, 0.05) is 0 Å². The van der Waals surface area contributed by atoms with Crippen molar-refractivity contribution in [2.24, 2.45) is 0 Å². The Labute approximate surface area is 127 Å². The number of ether oxygens (including phenoxy) is 2. The lowest BCUT2D eigenvalue weighted by atomic mass is 10.2. The van der Waals surface area contributed by atoms with Crippen molar-refractivity contribution in [2.45, 2.75) is 33.4 Å². The highest BCUT2D eigenvalue weighted by Gasteiger charge is 2.22. The molecule has 2 rings (SSSR count). The fourth-order valence-corrected chi connectivity index (χ4v) is 2.61. The van der Waals surface area contributed by atoms with E-state index in [4.69, 9.17) is 9.47 Å². The SMILES string of the molecule is CCOC(=O)c1nnn(CCOC(C)C)c1-c1cccs1. The molecule has 7 heteroatoms. The molecule has 0 aliphatic carbocycles. The van der Waals surface area contributed by atoms with Crippen molar-refractivity contribution in [3.8, 4) is 10.6 Å². The molecule has 0 unspecified atom stereocenters. The van der Waals surface area contributed by atoms with Crippen LogP contribution in [0, 0.1) is 0 Å². The van der Waals surface area contributed by atoms with Crippen LogP contribution in [-0.4, -0.2) is 40.3 Å². The molecule has 0 amide bonds. The highest BCUT2D eigenvalue weighted by Crippen LogP contribution is 2.27. The highest BCUT2D eigenvalue weighted by molar-refractivity contribution is 7.13. The summed E-state index contributed by atoms with van der Waals surface area (Å²) in [4.78, 5) is 12.9. The lowest BCUT2D eigenvalue weighted by molar-refractivity contribution is 0.0520. The summed E-state index contributed by atoms with van der Waals surface area (Å²) in [6.45, 7) is 7.09. The van der Waals surface area contributed by atoms with Gasteiger partial charge < -0.3 is 9.47 Å². The van der Waals surface area contributed by atoms with Crippen LogP contribution >= 0.6 is 11.3 Å². The zero-order valence-corrected chi connectivity index (χ0v) is 13.2. The van der Waals surface area contributed by atoms with Crippen LogP contribution in [0.25, 0.3) is 10.6 Å². The van der Waals surface area contributed by atoms with E-state index in [2.05, 4.69) is 10.3 Å². The van der Waals surface area contributed by atoms with Gasteiger partial charge in [-0.05, 0) is 32.2 Å². The Morgan fingerprint density at radius 2 is 2.29 bits per heavy atom. The van der Waals surface area contributed by atoms with E-state index in [1.54, 1.807) is 11.6 Å². The second-order valence-corrected chi connectivity index (χ2v) is 5.57. The summed E-state index contributed by atoms with van der Waals surface area (Å²) in [5.41, 5.74) is 0.944. The van der Waals surface area contributed by atoms with Crippen molar-refractivity contribution in [3.05, 3.63) is 23.2 Å². The van der Waals surface area contributed by atoms with Crippen molar-refractivity contribution < 1.29 is 14.3 Å². The maximum absolute atomic E-state index is 12.0. The van der Waals surface area contributed by atoms with Gasteiger partial charge in [0.2, 0.25) is 0 Å². The molecule has 6 nitrogen and oxygen atoms in total. The van der Waals surface area contributed by atoms with Crippen LogP contribution in [-0.2, 0) is 16.0 Å². The summed E-state index contributed by atoms with van der Waals surface area (Å²) in [6.07, 6.45) is 0.156. The number of carbonyl (C=O) groups excluding carboxylic acids is 1. The molecular formula is C14H19N3O3S. The van der Waals surface area contributed by atoms with E-state index < -0.39 is 5.97 Å². The van der Waals surface area contributed by atoms with Crippen molar-refractivity contribution in [1.82, 2.24) is 15.0 Å². The van der Waals surface area contributed by atoms with Gasteiger partial charge in [-0.25, -0.2) is 9.48 Å². The first-order valence-corrected chi connectivity index (χ1v) is 7.77. The van der Waals surface area contributed by atoms with E-state index in [-0.39, 0.29) is 11.8 Å². The largest absolute Gasteiger partial charge is 0.461 e. The Hall–Kier alpha value is -1.73. The summed E-state index contributed by atoms with van der Waals surface area (Å²) in [7, 11) is 0. The number of esters is 1. The number of nitrogens with zero attached hydrogens (tertiary/aromatic N) is 3. The van der Waals surface area contributed by atoms with Crippen LogP contribution < -0.4 is 0 Å². The van der Waals surface area contributed by atoms with E-state index in [1.807, 2.05) is 31.4 Å². The molecule has 0 saturated carbocycles. The Morgan fingerprint density at radius 1 is 1.48 bits per heavy atom. The number of hydrogen-bond acceptors (Lipinski definition) is 6. The molecule has 0 radical (unpaired) electrons. The summed E-state index contributed by atoms with van der Waals surface area (Å²) in [5.74, 6) is -0.447. The zero-order chi connectivity index (χ0) is 15.2. The summed E-state index contributed by atoms with van der Waals surface area (Å²) in [5, 5.41) is 9.99. The molecule has 0 bridgehead atoms. The fraction of sp³-hybridized carbons (Fsp3) is 0.500. The van der Waals surface area contributed by atoms with Gasteiger partial charge in [-0.1, -0.05) is 11.3 Å². The molecule has 0 fully saturated rings. The van der Waals surface area contributed by atoms with E-state index >= 15 is 0 Å². The molecule has 0 aliphatic heterocycles. The quantitative estimate of drug-likeness (QED) is 0.736. The summed E-state index contributed by atoms with van der Waals surface area (Å²) < 4.78 is 12.3. The van der Waals surface area contributed by atoms with Crippen molar-refractivity contribution in [1.29, 1.82) is 0 Å². The Kier molecular flexibility index (Phi) is 5.46. The van der Waals surface area contributed by atoms with Crippen LogP contribution in [0.2, 0.25) is 0 Å². The van der Waals surface area contributed by atoms with Gasteiger partial charge in [0.1, 0.15) is 5.69 Å². The number of carbonyl (C=O) groups is 1. The molecule has 0 atom stereocenters. The van der Waals surface area contributed by atoms with Gasteiger partial charge in [0.05, 0.1) is 30.7 Å². The molecule has 114 valence electrons. The lowest BCUT2D eigenvalue weighted by Gasteiger charge is -2.09. The monoisotopic (exact) mass is 309 g/mol. The topological polar surface area (TPSA) is 66.2 Å². The third-order valence-electron chi connectivity index (χ3n) is 2.71. The van der Waals surface area contributed by atoms with Crippen LogP contribution in [0.1, 0.15) is 31.3 Å². The molecule has 2 heterocycles. The third-order valence-corrected chi connectivity index (χ3v) is 3.59. The second-order valence-electron chi connectivity index (χ2n) is 4.63. The minimum Gasteiger partial charge on any atom is -0.461 e. The predicted molar refractivity (Wildman–Crippen MR) is 80.4 cm³/mol. The molecule has 0 aliphatic rings. The van der Waals surface area contributed by atoms with Gasteiger partial charge in [0.25, 0.3) is 0 Å². The zero-order valence-electron chi connectivity index (χ0n) is 12.4. The molecule has 0 spiro atoms. The van der Waals surface area contributed by atoms with E-state index in [1.165, 1.54) is 11.3 Å². The van der Waals surface area contributed by atoms with Crippen LogP contribution in [0.5, 0.6) is 0 Å². The third kappa shape index (κ3) is 3.89. The number of hydrogen-bond donors (Lipinski definition) is 0. The lowest BCUT2D eigenvalue weighted by Crippen LogP contribution is -2.13. The fourth-order valence-electron chi connectivity index (χ4n) is 1.84. The predicted octanol–water partition coefficient (Wildman–Crippen LogP) is 2.61.